The molecule has 2 aromatic heterocycles. The van der Waals surface area contributed by atoms with Crippen LogP contribution in [0.3, 0.4) is 0 Å². The maximum atomic E-state index is 13.3. The molecule has 33 heavy (non-hydrogen) atoms. The minimum Gasteiger partial charge on any atom is -0.481 e. The zero-order valence-corrected chi connectivity index (χ0v) is 19.0. The van der Waals surface area contributed by atoms with Crippen molar-refractivity contribution in [1.29, 1.82) is 0 Å². The van der Waals surface area contributed by atoms with Crippen molar-refractivity contribution in [1.82, 2.24) is 20.3 Å². The van der Waals surface area contributed by atoms with Gasteiger partial charge >= 0.3 is 0 Å². The molecule has 0 saturated heterocycles. The Morgan fingerprint density at radius 1 is 1.18 bits per heavy atom. The smallest absolute Gasteiger partial charge is 0.260 e. The number of hydrogen-bond acceptors (Lipinski definition) is 5. The lowest BCUT2D eigenvalue weighted by molar-refractivity contribution is -0.127. The summed E-state index contributed by atoms with van der Waals surface area (Å²) in [5.41, 5.74) is 3.26. The van der Waals surface area contributed by atoms with Gasteiger partial charge in [-0.2, -0.15) is 0 Å². The molecule has 1 amide bonds. The number of carbonyl (C=O) groups excluding carboxylic acids is 1. The Bertz CT molecular complexity index is 1080. The Hall–Kier alpha value is -3.35. The number of benzene rings is 1. The number of rotatable bonds is 7. The van der Waals surface area contributed by atoms with Gasteiger partial charge in [0.05, 0.1) is 5.69 Å². The fourth-order valence-corrected chi connectivity index (χ4v) is 4.38. The summed E-state index contributed by atoms with van der Waals surface area (Å²) in [5, 5.41) is 3.00. The van der Waals surface area contributed by atoms with Crippen LogP contribution in [0.4, 0.5) is 4.39 Å². The van der Waals surface area contributed by atoms with Crippen LogP contribution in [0, 0.1) is 18.7 Å². The average molecular weight is 449 g/mol. The molecule has 0 spiro atoms. The molecule has 6 nitrogen and oxygen atoms in total. The number of aryl methyl sites for hydroxylation is 1. The van der Waals surface area contributed by atoms with Gasteiger partial charge < -0.3 is 10.1 Å². The molecule has 1 atom stereocenters. The highest BCUT2D eigenvalue weighted by atomic mass is 19.1. The second kappa shape index (κ2) is 10.5. The number of amides is 1. The van der Waals surface area contributed by atoms with Gasteiger partial charge in [0.15, 0.2) is 6.10 Å². The first-order valence-corrected chi connectivity index (χ1v) is 11.4. The van der Waals surface area contributed by atoms with Crippen molar-refractivity contribution in [3.63, 3.8) is 0 Å². The summed E-state index contributed by atoms with van der Waals surface area (Å²) in [7, 11) is 0. The zero-order valence-electron chi connectivity index (χ0n) is 19.0. The van der Waals surface area contributed by atoms with Crippen molar-refractivity contribution in [3.05, 3.63) is 72.3 Å². The summed E-state index contributed by atoms with van der Waals surface area (Å²) in [6.07, 6.45) is 8.88. The molecule has 2 heterocycles. The van der Waals surface area contributed by atoms with Gasteiger partial charge in [-0.1, -0.05) is 6.07 Å². The van der Waals surface area contributed by atoms with Crippen LogP contribution < -0.4 is 10.1 Å². The molecule has 0 aliphatic heterocycles. The van der Waals surface area contributed by atoms with Crippen molar-refractivity contribution in [3.8, 4) is 16.9 Å². The van der Waals surface area contributed by atoms with E-state index in [4.69, 9.17) is 9.72 Å². The van der Waals surface area contributed by atoms with Crippen molar-refractivity contribution in [2.45, 2.75) is 51.6 Å². The van der Waals surface area contributed by atoms with Gasteiger partial charge in [-0.25, -0.2) is 14.4 Å². The Labute approximate surface area is 193 Å². The van der Waals surface area contributed by atoms with Crippen LogP contribution in [0.15, 0.2) is 55.0 Å². The number of aromatic nitrogens is 3. The number of halogens is 1. The lowest BCUT2D eigenvalue weighted by Crippen LogP contribution is -2.39. The summed E-state index contributed by atoms with van der Waals surface area (Å²) < 4.78 is 18.9. The van der Waals surface area contributed by atoms with E-state index < -0.39 is 6.10 Å². The van der Waals surface area contributed by atoms with Crippen LogP contribution in [0.25, 0.3) is 11.1 Å². The first-order valence-electron chi connectivity index (χ1n) is 11.4. The number of pyridine rings is 1. The third-order valence-corrected chi connectivity index (χ3v) is 6.21. The van der Waals surface area contributed by atoms with Gasteiger partial charge in [0.2, 0.25) is 0 Å². The largest absolute Gasteiger partial charge is 0.481 e. The van der Waals surface area contributed by atoms with Gasteiger partial charge in [0.25, 0.3) is 5.91 Å². The van der Waals surface area contributed by atoms with E-state index in [1.165, 1.54) is 12.1 Å². The predicted molar refractivity (Wildman–Crippen MR) is 124 cm³/mol. The van der Waals surface area contributed by atoms with Crippen molar-refractivity contribution < 1.29 is 13.9 Å². The Balaban J connectivity index is 1.31. The molecule has 1 aliphatic rings. The molecule has 1 unspecified atom stereocenters. The number of nitrogens with zero attached hydrogens (tertiary/aromatic N) is 3. The highest BCUT2D eigenvalue weighted by molar-refractivity contribution is 5.80. The minimum atomic E-state index is -0.685. The van der Waals surface area contributed by atoms with Gasteiger partial charge in [0.1, 0.15) is 17.4 Å². The molecular formula is C26H29FN4O2. The normalized spacial score (nSPS) is 19.0. The fraction of sp³-hybridized carbons (Fsp3) is 0.385. The van der Waals surface area contributed by atoms with E-state index in [1.807, 2.05) is 25.3 Å². The molecule has 1 aliphatic carbocycles. The molecule has 3 aromatic rings. The third-order valence-electron chi connectivity index (χ3n) is 6.21. The SMILES string of the molecule is Cc1ncc(-c2ccncc2)c(C2CCC(CNC(=O)C(C)Oc3cccc(F)c3)CC2)n1. The van der Waals surface area contributed by atoms with Gasteiger partial charge in [-0.3, -0.25) is 9.78 Å². The van der Waals surface area contributed by atoms with Gasteiger partial charge in [-0.15, -0.1) is 0 Å². The van der Waals surface area contributed by atoms with E-state index in [1.54, 1.807) is 31.5 Å². The van der Waals surface area contributed by atoms with E-state index >= 15 is 0 Å². The fourth-order valence-electron chi connectivity index (χ4n) is 4.38. The minimum absolute atomic E-state index is 0.187. The van der Waals surface area contributed by atoms with Crippen LogP contribution in [0.2, 0.25) is 0 Å². The summed E-state index contributed by atoms with van der Waals surface area (Å²) >= 11 is 0. The highest BCUT2D eigenvalue weighted by Crippen LogP contribution is 2.38. The van der Waals surface area contributed by atoms with Gasteiger partial charge in [0, 0.05) is 42.7 Å². The number of nitrogens with one attached hydrogen (secondary N) is 1. The van der Waals surface area contributed by atoms with E-state index in [0.29, 0.717) is 24.1 Å². The molecule has 0 bridgehead atoms. The summed E-state index contributed by atoms with van der Waals surface area (Å²) in [6, 6.07) is 9.81. The molecule has 1 saturated carbocycles. The first kappa shape index (κ1) is 22.8. The van der Waals surface area contributed by atoms with Crippen molar-refractivity contribution in [2.24, 2.45) is 5.92 Å². The quantitative estimate of drug-likeness (QED) is 0.559. The topological polar surface area (TPSA) is 77.0 Å². The highest BCUT2D eigenvalue weighted by Gasteiger charge is 2.27. The van der Waals surface area contributed by atoms with Crippen LogP contribution in [-0.4, -0.2) is 33.5 Å². The monoisotopic (exact) mass is 448 g/mol. The second-order valence-corrected chi connectivity index (χ2v) is 8.63. The van der Waals surface area contributed by atoms with E-state index in [-0.39, 0.29) is 11.7 Å². The molecule has 7 heteroatoms. The number of hydrogen-bond donors (Lipinski definition) is 1. The number of carbonyl (C=O) groups is 1. The van der Waals surface area contributed by atoms with Crippen LogP contribution in [0.1, 0.15) is 50.0 Å². The van der Waals surface area contributed by atoms with Crippen molar-refractivity contribution >= 4 is 5.91 Å². The molecule has 172 valence electrons. The summed E-state index contributed by atoms with van der Waals surface area (Å²) in [5.74, 6) is 1.35. The third kappa shape index (κ3) is 5.92. The molecule has 1 fully saturated rings. The maximum Gasteiger partial charge on any atom is 0.260 e. The van der Waals surface area contributed by atoms with E-state index in [2.05, 4.69) is 15.3 Å². The Kier molecular flexibility index (Phi) is 7.27. The van der Waals surface area contributed by atoms with Gasteiger partial charge in [-0.05, 0) is 75.3 Å². The van der Waals surface area contributed by atoms with Crippen LogP contribution in [-0.2, 0) is 4.79 Å². The van der Waals surface area contributed by atoms with Crippen molar-refractivity contribution in [2.75, 3.05) is 6.54 Å². The van der Waals surface area contributed by atoms with Crippen LogP contribution >= 0.6 is 0 Å². The molecule has 1 aromatic carbocycles. The second-order valence-electron chi connectivity index (χ2n) is 8.63. The lowest BCUT2D eigenvalue weighted by atomic mass is 9.79. The predicted octanol–water partition coefficient (Wildman–Crippen LogP) is 4.84. The molecular weight excluding hydrogens is 419 g/mol. The summed E-state index contributed by atoms with van der Waals surface area (Å²) in [4.78, 5) is 25.8. The summed E-state index contributed by atoms with van der Waals surface area (Å²) in [6.45, 7) is 4.21. The van der Waals surface area contributed by atoms with Crippen LogP contribution in [0.5, 0.6) is 5.75 Å². The Morgan fingerprint density at radius 3 is 2.67 bits per heavy atom. The molecule has 1 N–H and O–H groups in total. The van der Waals surface area contributed by atoms with E-state index in [9.17, 15) is 9.18 Å². The zero-order chi connectivity index (χ0) is 23.2. The lowest BCUT2D eigenvalue weighted by Gasteiger charge is -2.29. The standard InChI is InChI=1S/C26H29FN4O2/c1-17(33-23-5-3-4-22(27)14-23)26(32)30-15-19-6-8-21(9-7-19)25-24(16-29-18(2)31-25)20-10-12-28-13-11-20/h3-5,10-14,16-17,19,21H,6-9,15H2,1-2H3,(H,30,32). The first-order chi connectivity index (χ1) is 16.0. The average Bonchev–Trinajstić information content (AvgIpc) is 2.83. The molecule has 0 radical (unpaired) electrons. The number of ether oxygens (including phenoxy) is 1. The Morgan fingerprint density at radius 2 is 1.94 bits per heavy atom. The molecule has 4 rings (SSSR count). The van der Waals surface area contributed by atoms with E-state index in [0.717, 1.165) is 48.3 Å². The maximum absolute atomic E-state index is 13.3.